The van der Waals surface area contributed by atoms with Crippen LogP contribution in [0.25, 0.3) is 0 Å². The van der Waals surface area contributed by atoms with Crippen LogP contribution in [0.2, 0.25) is 0 Å². The SMILES string of the molecule is O.S.c1ccncc1. The van der Waals surface area contributed by atoms with Crippen LogP contribution >= 0.6 is 13.5 Å². The summed E-state index contributed by atoms with van der Waals surface area (Å²) in [5, 5.41) is 0. The van der Waals surface area contributed by atoms with Gasteiger partial charge in [0.05, 0.1) is 0 Å². The summed E-state index contributed by atoms with van der Waals surface area (Å²) in [4.78, 5) is 3.78. The van der Waals surface area contributed by atoms with Crippen molar-refractivity contribution in [3.8, 4) is 0 Å². The first-order chi connectivity index (χ1) is 3.00. The molecular formula is C5H9NOS. The minimum Gasteiger partial charge on any atom is -0.412 e. The monoisotopic (exact) mass is 131 g/mol. The van der Waals surface area contributed by atoms with Crippen LogP contribution in [-0.4, -0.2) is 10.5 Å². The van der Waals surface area contributed by atoms with Crippen LogP contribution in [0.5, 0.6) is 0 Å². The third kappa shape index (κ3) is 3.64. The molecule has 0 saturated carbocycles. The summed E-state index contributed by atoms with van der Waals surface area (Å²) in [6, 6.07) is 5.72. The first kappa shape index (κ1) is 10.4. The Morgan fingerprint density at radius 3 is 1.50 bits per heavy atom. The van der Waals surface area contributed by atoms with Gasteiger partial charge in [0.1, 0.15) is 0 Å². The summed E-state index contributed by atoms with van der Waals surface area (Å²) in [5.74, 6) is 0. The fourth-order valence-electron chi connectivity index (χ4n) is 0.313. The lowest BCUT2D eigenvalue weighted by Gasteiger charge is -1.70. The van der Waals surface area contributed by atoms with E-state index < -0.39 is 0 Å². The Morgan fingerprint density at radius 1 is 0.875 bits per heavy atom. The Morgan fingerprint density at radius 2 is 1.38 bits per heavy atom. The minimum atomic E-state index is 0. The average molecular weight is 131 g/mol. The summed E-state index contributed by atoms with van der Waals surface area (Å²) in [7, 11) is 0. The third-order valence-electron chi connectivity index (χ3n) is 0.566. The maximum atomic E-state index is 3.78. The summed E-state index contributed by atoms with van der Waals surface area (Å²) >= 11 is 0. The molecule has 1 heterocycles. The fourth-order valence-corrected chi connectivity index (χ4v) is 0.313. The van der Waals surface area contributed by atoms with E-state index in [0.717, 1.165) is 0 Å². The molecule has 0 aromatic carbocycles. The van der Waals surface area contributed by atoms with Gasteiger partial charge in [0, 0.05) is 12.4 Å². The quantitative estimate of drug-likeness (QED) is 0.501. The lowest BCUT2D eigenvalue weighted by atomic mass is 10.5. The molecule has 3 heteroatoms. The zero-order valence-electron chi connectivity index (χ0n) is 4.33. The molecule has 0 fully saturated rings. The molecular weight excluding hydrogens is 122 g/mol. The van der Waals surface area contributed by atoms with E-state index in [9.17, 15) is 0 Å². The van der Waals surface area contributed by atoms with Crippen molar-refractivity contribution < 1.29 is 5.48 Å². The van der Waals surface area contributed by atoms with E-state index in [1.165, 1.54) is 0 Å². The van der Waals surface area contributed by atoms with Crippen molar-refractivity contribution in [1.82, 2.24) is 4.98 Å². The molecule has 0 spiro atoms. The van der Waals surface area contributed by atoms with Crippen molar-refractivity contribution in [2.24, 2.45) is 0 Å². The Kier molecular flexibility index (Phi) is 8.43. The van der Waals surface area contributed by atoms with Crippen molar-refractivity contribution in [2.45, 2.75) is 0 Å². The molecule has 0 aliphatic heterocycles. The smallest absolute Gasteiger partial charge is 0.0267 e. The molecule has 2 nitrogen and oxygen atoms in total. The summed E-state index contributed by atoms with van der Waals surface area (Å²) in [6.45, 7) is 0. The second kappa shape index (κ2) is 6.46. The molecule has 1 aromatic heterocycles. The van der Waals surface area contributed by atoms with Gasteiger partial charge >= 0.3 is 0 Å². The summed E-state index contributed by atoms with van der Waals surface area (Å²) in [6.07, 6.45) is 3.50. The van der Waals surface area contributed by atoms with Gasteiger partial charge in [-0.1, -0.05) is 6.07 Å². The second-order valence-corrected chi connectivity index (χ2v) is 1.02. The van der Waals surface area contributed by atoms with E-state index in [0.29, 0.717) is 0 Å². The zero-order valence-corrected chi connectivity index (χ0v) is 5.33. The predicted octanol–water partition coefficient (Wildman–Crippen LogP) is 0.370. The van der Waals surface area contributed by atoms with Crippen molar-refractivity contribution in [3.63, 3.8) is 0 Å². The highest BCUT2D eigenvalue weighted by Crippen LogP contribution is 1.73. The molecule has 0 bridgehead atoms. The molecule has 0 aliphatic rings. The van der Waals surface area contributed by atoms with Gasteiger partial charge in [0.2, 0.25) is 0 Å². The average Bonchev–Trinajstić information content (AvgIpc) is 1.72. The maximum absolute atomic E-state index is 3.78. The largest absolute Gasteiger partial charge is 0.412 e. The number of rotatable bonds is 0. The van der Waals surface area contributed by atoms with Gasteiger partial charge in [-0.2, -0.15) is 13.5 Å². The predicted molar refractivity (Wildman–Crippen MR) is 38.2 cm³/mol. The zero-order chi connectivity index (χ0) is 4.24. The van der Waals surface area contributed by atoms with Gasteiger partial charge in [0.15, 0.2) is 0 Å². The topological polar surface area (TPSA) is 44.4 Å². The Bertz CT molecular complexity index is 84.4. The van der Waals surface area contributed by atoms with Gasteiger partial charge in [-0.25, -0.2) is 0 Å². The third-order valence-corrected chi connectivity index (χ3v) is 0.566. The van der Waals surface area contributed by atoms with Crippen LogP contribution in [0.4, 0.5) is 0 Å². The van der Waals surface area contributed by atoms with Crippen molar-refractivity contribution in [2.75, 3.05) is 0 Å². The highest BCUT2D eigenvalue weighted by atomic mass is 32.1. The van der Waals surface area contributed by atoms with Crippen molar-refractivity contribution >= 4 is 13.5 Å². The first-order valence-electron chi connectivity index (χ1n) is 1.85. The molecule has 0 saturated heterocycles. The number of aromatic nitrogens is 1. The van der Waals surface area contributed by atoms with E-state index in [2.05, 4.69) is 4.98 Å². The lowest BCUT2D eigenvalue weighted by Crippen LogP contribution is -1.58. The molecule has 0 atom stereocenters. The van der Waals surface area contributed by atoms with Gasteiger partial charge in [-0.3, -0.25) is 4.98 Å². The van der Waals surface area contributed by atoms with E-state index in [-0.39, 0.29) is 19.0 Å². The van der Waals surface area contributed by atoms with E-state index in [1.54, 1.807) is 12.4 Å². The molecule has 2 N–H and O–H groups in total. The van der Waals surface area contributed by atoms with Gasteiger partial charge < -0.3 is 5.48 Å². The Labute approximate surface area is 55.3 Å². The van der Waals surface area contributed by atoms with Gasteiger partial charge in [-0.15, -0.1) is 0 Å². The van der Waals surface area contributed by atoms with Crippen LogP contribution in [-0.2, 0) is 0 Å². The fraction of sp³-hybridized carbons (Fsp3) is 0. The Balaban J connectivity index is 0. The standard InChI is InChI=1S/C5H5N.H2O.H2S/c1-2-4-6-5-3-1;;/h1-5H;2*1H2. The normalized spacial score (nSPS) is 6.00. The van der Waals surface area contributed by atoms with Gasteiger partial charge in [-0.05, 0) is 12.1 Å². The summed E-state index contributed by atoms with van der Waals surface area (Å²) < 4.78 is 0. The Hall–Kier alpha value is -0.540. The number of hydrogen-bond acceptors (Lipinski definition) is 1. The molecule has 0 amide bonds. The van der Waals surface area contributed by atoms with Crippen LogP contribution in [0, 0.1) is 0 Å². The molecule has 1 aromatic rings. The van der Waals surface area contributed by atoms with Crippen LogP contribution < -0.4 is 0 Å². The minimum absolute atomic E-state index is 0. The van der Waals surface area contributed by atoms with E-state index in [4.69, 9.17) is 0 Å². The summed E-state index contributed by atoms with van der Waals surface area (Å²) in [5.41, 5.74) is 0. The van der Waals surface area contributed by atoms with Crippen molar-refractivity contribution in [1.29, 1.82) is 0 Å². The van der Waals surface area contributed by atoms with E-state index >= 15 is 0 Å². The first-order valence-corrected chi connectivity index (χ1v) is 1.85. The van der Waals surface area contributed by atoms with Crippen LogP contribution in [0.1, 0.15) is 0 Å². The molecule has 0 radical (unpaired) electrons. The van der Waals surface area contributed by atoms with Crippen LogP contribution in [0.15, 0.2) is 30.6 Å². The van der Waals surface area contributed by atoms with Crippen molar-refractivity contribution in [3.05, 3.63) is 30.6 Å². The van der Waals surface area contributed by atoms with Crippen LogP contribution in [0.3, 0.4) is 0 Å². The molecule has 46 valence electrons. The number of nitrogens with zero attached hydrogens (tertiary/aromatic N) is 1. The number of hydrogen-bond donors (Lipinski definition) is 0. The molecule has 0 unspecified atom stereocenters. The lowest BCUT2D eigenvalue weighted by molar-refractivity contribution is 0.824. The molecule has 1 rings (SSSR count). The maximum Gasteiger partial charge on any atom is 0.0267 e. The number of pyridine rings is 1. The molecule has 0 aliphatic carbocycles. The highest BCUT2D eigenvalue weighted by molar-refractivity contribution is 7.59. The second-order valence-electron chi connectivity index (χ2n) is 1.02. The van der Waals surface area contributed by atoms with Gasteiger partial charge in [0.25, 0.3) is 0 Å². The highest BCUT2D eigenvalue weighted by Gasteiger charge is 1.58. The van der Waals surface area contributed by atoms with E-state index in [1.807, 2.05) is 18.2 Å². The molecule has 8 heavy (non-hydrogen) atoms.